The summed E-state index contributed by atoms with van der Waals surface area (Å²) in [5, 5.41) is 9.66. The van der Waals surface area contributed by atoms with E-state index in [1.807, 2.05) is 12.1 Å². The first-order valence-corrected chi connectivity index (χ1v) is 6.08. The van der Waals surface area contributed by atoms with Crippen molar-refractivity contribution in [1.82, 2.24) is 0 Å². The Hall–Kier alpha value is -1.28. The number of anilines is 1. The SMILES string of the molecule is COC1CN(c2cccc(Cl)c2C#N)CC1OC. The molecule has 1 heterocycles. The fourth-order valence-electron chi connectivity index (χ4n) is 2.28. The summed E-state index contributed by atoms with van der Waals surface area (Å²) in [4.78, 5) is 2.08. The molecule has 1 saturated heterocycles. The van der Waals surface area contributed by atoms with Gasteiger partial charge in [0.1, 0.15) is 18.3 Å². The molecule has 0 spiro atoms. The monoisotopic (exact) mass is 266 g/mol. The van der Waals surface area contributed by atoms with Gasteiger partial charge >= 0.3 is 0 Å². The van der Waals surface area contributed by atoms with E-state index in [2.05, 4.69) is 11.0 Å². The molecule has 1 aromatic carbocycles. The average Bonchev–Trinajstić information content (AvgIpc) is 2.81. The maximum absolute atomic E-state index is 9.18. The van der Waals surface area contributed by atoms with Crippen LogP contribution in [0, 0.1) is 11.3 Å². The van der Waals surface area contributed by atoms with Crippen molar-refractivity contribution in [2.75, 3.05) is 32.2 Å². The van der Waals surface area contributed by atoms with E-state index in [4.69, 9.17) is 21.1 Å². The second-order valence-electron chi connectivity index (χ2n) is 4.20. The van der Waals surface area contributed by atoms with Crippen LogP contribution in [0.1, 0.15) is 5.56 Å². The van der Waals surface area contributed by atoms with Crippen molar-refractivity contribution < 1.29 is 9.47 Å². The highest BCUT2D eigenvalue weighted by atomic mass is 35.5. The van der Waals surface area contributed by atoms with Crippen molar-refractivity contribution in [3.63, 3.8) is 0 Å². The van der Waals surface area contributed by atoms with Crippen LogP contribution in [0.2, 0.25) is 5.02 Å². The predicted molar refractivity (Wildman–Crippen MR) is 70.0 cm³/mol. The number of nitrogens with zero attached hydrogens (tertiary/aromatic N) is 2. The van der Waals surface area contributed by atoms with Crippen molar-refractivity contribution in [3.05, 3.63) is 28.8 Å². The molecular formula is C13H15ClN2O2. The topological polar surface area (TPSA) is 45.5 Å². The quantitative estimate of drug-likeness (QED) is 0.840. The number of nitriles is 1. The summed E-state index contributed by atoms with van der Waals surface area (Å²) >= 11 is 6.04. The largest absolute Gasteiger partial charge is 0.377 e. The number of halogens is 1. The molecule has 0 saturated carbocycles. The summed E-state index contributed by atoms with van der Waals surface area (Å²) in [6.07, 6.45) is 0.0287. The molecule has 1 aliphatic rings. The Morgan fingerprint density at radius 3 is 2.39 bits per heavy atom. The molecule has 1 fully saturated rings. The van der Waals surface area contributed by atoms with Crippen LogP contribution in [-0.4, -0.2) is 39.5 Å². The number of rotatable bonds is 3. The van der Waals surface area contributed by atoms with Crippen molar-refractivity contribution in [2.45, 2.75) is 12.2 Å². The molecule has 1 aliphatic heterocycles. The molecule has 2 unspecified atom stereocenters. The van der Waals surface area contributed by atoms with Gasteiger partial charge in [-0.15, -0.1) is 0 Å². The van der Waals surface area contributed by atoms with E-state index in [-0.39, 0.29) is 12.2 Å². The van der Waals surface area contributed by atoms with Gasteiger partial charge in [-0.1, -0.05) is 17.7 Å². The predicted octanol–water partition coefficient (Wildman–Crippen LogP) is 2.06. The van der Waals surface area contributed by atoms with Crippen LogP contribution in [0.15, 0.2) is 18.2 Å². The molecule has 0 amide bonds. The maximum Gasteiger partial charge on any atom is 0.103 e. The van der Waals surface area contributed by atoms with Gasteiger partial charge in [-0.2, -0.15) is 5.26 Å². The van der Waals surface area contributed by atoms with Crippen LogP contribution >= 0.6 is 11.6 Å². The van der Waals surface area contributed by atoms with E-state index in [0.29, 0.717) is 23.7 Å². The minimum atomic E-state index is 0.0144. The number of benzene rings is 1. The standard InChI is InChI=1S/C13H15ClN2O2/c1-17-12-7-16(8-13(12)18-2)11-5-3-4-10(14)9(11)6-15/h3-5,12-13H,7-8H2,1-2H3. The van der Waals surface area contributed by atoms with Gasteiger partial charge in [-0.3, -0.25) is 0 Å². The number of hydrogen-bond donors (Lipinski definition) is 0. The van der Waals surface area contributed by atoms with Gasteiger partial charge in [0, 0.05) is 27.3 Å². The summed E-state index contributed by atoms with van der Waals surface area (Å²) < 4.78 is 10.8. The van der Waals surface area contributed by atoms with Crippen LogP contribution < -0.4 is 4.90 Å². The fourth-order valence-corrected chi connectivity index (χ4v) is 2.49. The number of ether oxygens (including phenoxy) is 2. The van der Waals surface area contributed by atoms with Crippen LogP contribution in [-0.2, 0) is 9.47 Å². The summed E-state index contributed by atoms with van der Waals surface area (Å²) in [5.74, 6) is 0. The smallest absolute Gasteiger partial charge is 0.103 e. The molecule has 0 radical (unpaired) electrons. The Bertz CT molecular complexity index is 461. The molecule has 96 valence electrons. The van der Waals surface area contributed by atoms with Crippen LogP contribution in [0.3, 0.4) is 0 Å². The van der Waals surface area contributed by atoms with Gasteiger partial charge in [-0.05, 0) is 12.1 Å². The molecule has 0 aromatic heterocycles. The lowest BCUT2D eigenvalue weighted by Gasteiger charge is -2.19. The number of methoxy groups -OCH3 is 2. The molecule has 1 aromatic rings. The molecule has 2 rings (SSSR count). The molecular weight excluding hydrogens is 252 g/mol. The zero-order valence-corrected chi connectivity index (χ0v) is 11.1. The van der Waals surface area contributed by atoms with E-state index in [1.165, 1.54) is 0 Å². The van der Waals surface area contributed by atoms with Crippen LogP contribution in [0.5, 0.6) is 0 Å². The fraction of sp³-hybridized carbons (Fsp3) is 0.462. The third-order valence-electron chi connectivity index (χ3n) is 3.26. The lowest BCUT2D eigenvalue weighted by atomic mass is 10.2. The highest BCUT2D eigenvalue weighted by Crippen LogP contribution is 2.30. The highest BCUT2D eigenvalue weighted by molar-refractivity contribution is 6.32. The van der Waals surface area contributed by atoms with E-state index in [9.17, 15) is 5.26 Å². The molecule has 4 nitrogen and oxygen atoms in total. The maximum atomic E-state index is 9.18. The lowest BCUT2D eigenvalue weighted by Crippen LogP contribution is -2.27. The Morgan fingerprint density at radius 1 is 1.28 bits per heavy atom. The Labute approximate surface area is 112 Å². The second kappa shape index (κ2) is 5.57. The molecule has 18 heavy (non-hydrogen) atoms. The minimum absolute atomic E-state index is 0.0144. The average molecular weight is 267 g/mol. The minimum Gasteiger partial charge on any atom is -0.377 e. The van der Waals surface area contributed by atoms with Crippen molar-refractivity contribution in [1.29, 1.82) is 5.26 Å². The molecule has 2 atom stereocenters. The van der Waals surface area contributed by atoms with E-state index in [0.717, 1.165) is 5.69 Å². The zero-order valence-electron chi connectivity index (χ0n) is 10.4. The van der Waals surface area contributed by atoms with Gasteiger partial charge < -0.3 is 14.4 Å². The number of hydrogen-bond acceptors (Lipinski definition) is 4. The first-order chi connectivity index (χ1) is 8.71. The Kier molecular flexibility index (Phi) is 4.07. The van der Waals surface area contributed by atoms with E-state index in [1.54, 1.807) is 20.3 Å². The molecule has 0 aliphatic carbocycles. The van der Waals surface area contributed by atoms with Crippen LogP contribution in [0.25, 0.3) is 0 Å². The van der Waals surface area contributed by atoms with Gasteiger partial charge in [0.2, 0.25) is 0 Å². The molecule has 0 N–H and O–H groups in total. The Balaban J connectivity index is 2.29. The summed E-state index contributed by atoms with van der Waals surface area (Å²) in [5.41, 5.74) is 1.34. The molecule has 0 bridgehead atoms. The van der Waals surface area contributed by atoms with Gasteiger partial charge in [0.15, 0.2) is 0 Å². The normalized spacial score (nSPS) is 23.1. The van der Waals surface area contributed by atoms with Crippen LogP contribution in [0.4, 0.5) is 5.69 Å². The van der Waals surface area contributed by atoms with E-state index < -0.39 is 0 Å². The summed E-state index contributed by atoms with van der Waals surface area (Å²) in [6, 6.07) is 7.62. The lowest BCUT2D eigenvalue weighted by molar-refractivity contribution is -0.00461. The van der Waals surface area contributed by atoms with Gasteiger partial charge in [0.05, 0.1) is 16.3 Å². The Morgan fingerprint density at radius 2 is 1.89 bits per heavy atom. The second-order valence-corrected chi connectivity index (χ2v) is 4.61. The van der Waals surface area contributed by atoms with Crippen molar-refractivity contribution in [3.8, 4) is 6.07 Å². The van der Waals surface area contributed by atoms with Crippen molar-refractivity contribution >= 4 is 17.3 Å². The third kappa shape index (κ3) is 2.30. The van der Waals surface area contributed by atoms with Gasteiger partial charge in [0.25, 0.3) is 0 Å². The first kappa shape index (κ1) is 13.2. The zero-order chi connectivity index (χ0) is 13.1. The first-order valence-electron chi connectivity index (χ1n) is 5.70. The summed E-state index contributed by atoms with van der Waals surface area (Å²) in [6.45, 7) is 1.40. The molecule has 5 heteroatoms. The summed E-state index contributed by atoms with van der Waals surface area (Å²) in [7, 11) is 3.34. The third-order valence-corrected chi connectivity index (χ3v) is 3.58. The van der Waals surface area contributed by atoms with Crippen molar-refractivity contribution in [2.24, 2.45) is 0 Å². The van der Waals surface area contributed by atoms with Gasteiger partial charge in [-0.25, -0.2) is 0 Å². The highest BCUT2D eigenvalue weighted by Gasteiger charge is 2.34. The van der Waals surface area contributed by atoms with E-state index >= 15 is 0 Å².